The van der Waals surface area contributed by atoms with E-state index in [9.17, 15) is 9.59 Å². The maximum Gasteiger partial charge on any atom is 0.254 e. The summed E-state index contributed by atoms with van der Waals surface area (Å²) in [5.74, 6) is 0.409. The summed E-state index contributed by atoms with van der Waals surface area (Å²) in [5.41, 5.74) is 6.54. The van der Waals surface area contributed by atoms with E-state index in [0.717, 1.165) is 46.6 Å². The Morgan fingerprint density at radius 1 is 1.25 bits per heavy atom. The minimum atomic E-state index is -0.256. The van der Waals surface area contributed by atoms with Gasteiger partial charge in [-0.2, -0.15) is 5.10 Å². The maximum absolute atomic E-state index is 13.3. The van der Waals surface area contributed by atoms with E-state index in [2.05, 4.69) is 27.5 Å². The van der Waals surface area contributed by atoms with Crippen LogP contribution in [0, 0.1) is 27.7 Å². The predicted molar refractivity (Wildman–Crippen MR) is 122 cm³/mol. The number of rotatable bonds is 6. The molecule has 0 spiro atoms. The largest absolute Gasteiger partial charge is 0.361 e. The molecule has 0 fully saturated rings. The number of fused-ring (bicyclic) bond motifs is 1. The van der Waals surface area contributed by atoms with Gasteiger partial charge < -0.3 is 14.8 Å². The third-order valence-corrected chi connectivity index (χ3v) is 5.75. The van der Waals surface area contributed by atoms with Gasteiger partial charge in [-0.15, -0.1) is 0 Å². The number of carbonyl (C=O) groups is 1. The first-order valence-electron chi connectivity index (χ1n) is 10.7. The second kappa shape index (κ2) is 8.45. The number of H-pyrrole nitrogens is 1. The van der Waals surface area contributed by atoms with Crippen molar-refractivity contribution < 1.29 is 9.32 Å². The standard InChI is InChI=1S/C24H27N5O3/c1-6-8-17-11-13(2)27-23(30)18(17)12-25-24(31)20-14(3)22(21-15(4)28-32-16(21)5)29-19(20)9-7-10-26-29/h7,9-11H,6,8,12H2,1-5H3,(H,25,31)(H,27,30). The van der Waals surface area contributed by atoms with E-state index in [-0.39, 0.29) is 18.0 Å². The highest BCUT2D eigenvalue weighted by atomic mass is 16.5. The molecule has 4 aromatic rings. The molecular weight excluding hydrogens is 406 g/mol. The molecule has 32 heavy (non-hydrogen) atoms. The van der Waals surface area contributed by atoms with Gasteiger partial charge in [-0.1, -0.05) is 18.5 Å². The fourth-order valence-corrected chi connectivity index (χ4v) is 4.34. The quantitative estimate of drug-likeness (QED) is 0.481. The molecule has 8 nitrogen and oxygen atoms in total. The average Bonchev–Trinajstić information content (AvgIpc) is 3.22. The van der Waals surface area contributed by atoms with Crippen molar-refractivity contribution in [1.29, 1.82) is 0 Å². The zero-order chi connectivity index (χ0) is 23.0. The third kappa shape index (κ3) is 3.62. The monoisotopic (exact) mass is 433 g/mol. The predicted octanol–water partition coefficient (Wildman–Crippen LogP) is 3.79. The molecule has 0 aliphatic carbocycles. The number of carbonyl (C=O) groups excluding carboxylic acids is 1. The number of hydrogen-bond donors (Lipinski definition) is 2. The number of pyridine rings is 1. The molecule has 0 aliphatic rings. The topological polar surface area (TPSA) is 105 Å². The first-order valence-corrected chi connectivity index (χ1v) is 10.7. The number of nitrogens with zero attached hydrogens (tertiary/aromatic N) is 3. The minimum Gasteiger partial charge on any atom is -0.361 e. The average molecular weight is 434 g/mol. The molecule has 0 bridgehead atoms. The summed E-state index contributed by atoms with van der Waals surface area (Å²) in [6.45, 7) is 9.69. The molecule has 1 amide bonds. The lowest BCUT2D eigenvalue weighted by atomic mass is 10.0. The van der Waals surface area contributed by atoms with E-state index in [1.807, 2.05) is 39.8 Å². The van der Waals surface area contributed by atoms with Crippen molar-refractivity contribution in [2.75, 3.05) is 0 Å². The van der Waals surface area contributed by atoms with E-state index in [4.69, 9.17) is 4.52 Å². The molecule has 0 atom stereocenters. The Morgan fingerprint density at radius 2 is 2.03 bits per heavy atom. The number of aromatic nitrogens is 4. The molecule has 2 N–H and O–H groups in total. The molecular formula is C24H27N5O3. The van der Waals surface area contributed by atoms with Crippen LogP contribution in [0.3, 0.4) is 0 Å². The molecule has 166 valence electrons. The first-order chi connectivity index (χ1) is 15.3. The lowest BCUT2D eigenvalue weighted by molar-refractivity contribution is 0.0952. The highest BCUT2D eigenvalue weighted by molar-refractivity contribution is 6.05. The van der Waals surface area contributed by atoms with Crippen LogP contribution >= 0.6 is 0 Å². The smallest absolute Gasteiger partial charge is 0.254 e. The summed E-state index contributed by atoms with van der Waals surface area (Å²) in [5, 5.41) is 11.5. The van der Waals surface area contributed by atoms with Gasteiger partial charge in [0, 0.05) is 24.0 Å². The zero-order valence-electron chi connectivity index (χ0n) is 19.0. The van der Waals surface area contributed by atoms with Gasteiger partial charge in [-0.3, -0.25) is 9.59 Å². The van der Waals surface area contributed by atoms with Crippen molar-refractivity contribution >= 4 is 11.4 Å². The summed E-state index contributed by atoms with van der Waals surface area (Å²) in [6, 6.07) is 5.63. The summed E-state index contributed by atoms with van der Waals surface area (Å²) in [4.78, 5) is 28.7. The summed E-state index contributed by atoms with van der Waals surface area (Å²) in [6.07, 6.45) is 3.38. The van der Waals surface area contributed by atoms with Crippen LogP contribution in [-0.2, 0) is 13.0 Å². The van der Waals surface area contributed by atoms with Crippen LogP contribution in [0.4, 0.5) is 0 Å². The Hall–Kier alpha value is -3.68. The van der Waals surface area contributed by atoms with E-state index in [0.29, 0.717) is 22.4 Å². The Bertz CT molecular complexity index is 1360. The normalized spacial score (nSPS) is 11.3. The molecule has 8 heteroatoms. The Kier molecular flexibility index (Phi) is 5.69. The van der Waals surface area contributed by atoms with Gasteiger partial charge in [0.05, 0.1) is 28.0 Å². The van der Waals surface area contributed by atoms with Crippen LogP contribution < -0.4 is 10.9 Å². The molecule has 0 aromatic carbocycles. The Morgan fingerprint density at radius 3 is 2.72 bits per heavy atom. The SMILES string of the molecule is CCCc1cc(C)[nH]c(=O)c1CNC(=O)c1c(C)c(-c2c(C)noc2C)n2ncccc12. The molecule has 0 unspecified atom stereocenters. The molecule has 0 saturated heterocycles. The zero-order valence-corrected chi connectivity index (χ0v) is 19.0. The van der Waals surface area contributed by atoms with Crippen LogP contribution in [-0.4, -0.2) is 25.7 Å². The molecule has 4 heterocycles. The van der Waals surface area contributed by atoms with Crippen molar-refractivity contribution in [2.45, 2.75) is 54.0 Å². The highest BCUT2D eigenvalue weighted by Crippen LogP contribution is 2.34. The van der Waals surface area contributed by atoms with Crippen molar-refractivity contribution in [1.82, 2.24) is 25.1 Å². The van der Waals surface area contributed by atoms with Crippen LogP contribution in [0.1, 0.15) is 57.5 Å². The lowest BCUT2D eigenvalue weighted by Gasteiger charge is -2.11. The van der Waals surface area contributed by atoms with Crippen LogP contribution in [0.25, 0.3) is 16.8 Å². The van der Waals surface area contributed by atoms with E-state index >= 15 is 0 Å². The van der Waals surface area contributed by atoms with Crippen LogP contribution in [0.2, 0.25) is 0 Å². The Labute approximate surface area is 185 Å². The minimum absolute atomic E-state index is 0.154. The second-order valence-corrected chi connectivity index (χ2v) is 8.09. The van der Waals surface area contributed by atoms with Crippen molar-refractivity contribution in [3.8, 4) is 11.3 Å². The summed E-state index contributed by atoms with van der Waals surface area (Å²) in [7, 11) is 0. The molecule has 0 radical (unpaired) electrons. The molecule has 4 rings (SSSR count). The number of aromatic amines is 1. The van der Waals surface area contributed by atoms with Gasteiger partial charge in [0.15, 0.2) is 0 Å². The van der Waals surface area contributed by atoms with Gasteiger partial charge in [0.2, 0.25) is 0 Å². The van der Waals surface area contributed by atoms with Gasteiger partial charge in [0.25, 0.3) is 11.5 Å². The van der Waals surface area contributed by atoms with Crippen molar-refractivity contribution in [2.24, 2.45) is 0 Å². The van der Waals surface area contributed by atoms with E-state index in [1.165, 1.54) is 0 Å². The summed E-state index contributed by atoms with van der Waals surface area (Å²) >= 11 is 0. The van der Waals surface area contributed by atoms with E-state index in [1.54, 1.807) is 16.8 Å². The lowest BCUT2D eigenvalue weighted by Crippen LogP contribution is -2.28. The van der Waals surface area contributed by atoms with Crippen LogP contribution in [0.5, 0.6) is 0 Å². The van der Waals surface area contributed by atoms with Gasteiger partial charge in [-0.05, 0) is 63.4 Å². The number of hydrogen-bond acceptors (Lipinski definition) is 5. The Balaban J connectivity index is 1.75. The third-order valence-electron chi connectivity index (χ3n) is 5.75. The fourth-order valence-electron chi connectivity index (χ4n) is 4.34. The van der Waals surface area contributed by atoms with Crippen molar-refractivity contribution in [3.63, 3.8) is 0 Å². The van der Waals surface area contributed by atoms with E-state index < -0.39 is 0 Å². The summed E-state index contributed by atoms with van der Waals surface area (Å²) < 4.78 is 7.11. The highest BCUT2D eigenvalue weighted by Gasteiger charge is 2.26. The number of amides is 1. The molecule has 0 saturated carbocycles. The van der Waals surface area contributed by atoms with Crippen molar-refractivity contribution in [3.05, 3.63) is 74.2 Å². The second-order valence-electron chi connectivity index (χ2n) is 8.09. The van der Waals surface area contributed by atoms with Gasteiger partial charge in [-0.25, -0.2) is 4.52 Å². The molecule has 0 aliphatic heterocycles. The first kappa shape index (κ1) is 21.5. The van der Waals surface area contributed by atoms with Gasteiger partial charge in [0.1, 0.15) is 5.76 Å². The number of nitrogens with one attached hydrogen (secondary N) is 2. The van der Waals surface area contributed by atoms with Crippen LogP contribution in [0.15, 0.2) is 33.7 Å². The fraction of sp³-hybridized carbons (Fsp3) is 0.333. The molecule has 4 aromatic heterocycles. The van der Waals surface area contributed by atoms with Gasteiger partial charge >= 0.3 is 0 Å². The maximum atomic E-state index is 13.3. The number of aryl methyl sites for hydroxylation is 4.